The first kappa shape index (κ1) is 18.7. The molecule has 0 spiro atoms. The van der Waals surface area contributed by atoms with Gasteiger partial charge in [0.2, 0.25) is 0 Å². The Balaban J connectivity index is 1.73. The van der Waals surface area contributed by atoms with E-state index in [0.717, 1.165) is 19.4 Å². The van der Waals surface area contributed by atoms with E-state index in [0.29, 0.717) is 36.5 Å². The molecular formula is C20H29NO3. The SMILES string of the molecule is COc1ccccc1C(=O)CCN(C)CCC(=O)C1CCCCC1. The van der Waals surface area contributed by atoms with Crippen molar-refractivity contribution in [1.29, 1.82) is 0 Å². The fraction of sp³-hybridized carbons (Fsp3) is 0.600. The van der Waals surface area contributed by atoms with Crippen molar-refractivity contribution in [2.75, 3.05) is 27.2 Å². The lowest BCUT2D eigenvalue weighted by atomic mass is 9.85. The van der Waals surface area contributed by atoms with E-state index in [1.807, 2.05) is 19.2 Å². The van der Waals surface area contributed by atoms with Crippen LogP contribution in [0.2, 0.25) is 0 Å². The van der Waals surface area contributed by atoms with E-state index in [9.17, 15) is 9.59 Å². The fourth-order valence-electron chi connectivity index (χ4n) is 3.34. The Morgan fingerprint density at radius 2 is 1.75 bits per heavy atom. The van der Waals surface area contributed by atoms with Crippen molar-refractivity contribution in [3.8, 4) is 5.75 Å². The van der Waals surface area contributed by atoms with Crippen LogP contribution in [-0.2, 0) is 4.79 Å². The number of para-hydroxylation sites is 1. The van der Waals surface area contributed by atoms with Crippen LogP contribution in [0, 0.1) is 5.92 Å². The second-order valence-corrected chi connectivity index (χ2v) is 6.73. The van der Waals surface area contributed by atoms with Gasteiger partial charge in [-0.3, -0.25) is 9.59 Å². The van der Waals surface area contributed by atoms with E-state index in [1.165, 1.54) is 19.3 Å². The minimum absolute atomic E-state index is 0.0814. The standard InChI is InChI=1S/C20H29NO3/c1-21(14-12-18(22)16-8-4-3-5-9-16)15-13-19(23)17-10-6-7-11-20(17)24-2/h6-7,10-11,16H,3-5,8-9,12-15H2,1-2H3. The Morgan fingerprint density at radius 3 is 2.46 bits per heavy atom. The molecule has 132 valence electrons. The van der Waals surface area contributed by atoms with Crippen LogP contribution in [0.5, 0.6) is 5.75 Å². The summed E-state index contributed by atoms with van der Waals surface area (Å²) in [5.74, 6) is 1.38. The van der Waals surface area contributed by atoms with Crippen molar-refractivity contribution in [2.24, 2.45) is 5.92 Å². The molecule has 24 heavy (non-hydrogen) atoms. The largest absolute Gasteiger partial charge is 0.496 e. The van der Waals surface area contributed by atoms with Crippen LogP contribution in [0.15, 0.2) is 24.3 Å². The Labute approximate surface area is 145 Å². The van der Waals surface area contributed by atoms with Gasteiger partial charge in [-0.25, -0.2) is 0 Å². The van der Waals surface area contributed by atoms with Gasteiger partial charge < -0.3 is 9.64 Å². The second-order valence-electron chi connectivity index (χ2n) is 6.73. The zero-order chi connectivity index (χ0) is 17.4. The minimum Gasteiger partial charge on any atom is -0.496 e. The molecule has 0 aromatic heterocycles. The lowest BCUT2D eigenvalue weighted by molar-refractivity contribution is -0.124. The first-order valence-corrected chi connectivity index (χ1v) is 8.99. The first-order valence-electron chi connectivity index (χ1n) is 8.99. The molecule has 0 amide bonds. The number of methoxy groups -OCH3 is 1. The van der Waals surface area contributed by atoms with Crippen molar-refractivity contribution in [3.05, 3.63) is 29.8 Å². The van der Waals surface area contributed by atoms with Crippen molar-refractivity contribution in [2.45, 2.75) is 44.9 Å². The highest BCUT2D eigenvalue weighted by atomic mass is 16.5. The molecule has 4 nitrogen and oxygen atoms in total. The summed E-state index contributed by atoms with van der Waals surface area (Å²) in [5, 5.41) is 0. The molecule has 1 fully saturated rings. The minimum atomic E-state index is 0.0814. The fourth-order valence-corrected chi connectivity index (χ4v) is 3.34. The van der Waals surface area contributed by atoms with E-state index in [-0.39, 0.29) is 11.7 Å². The monoisotopic (exact) mass is 331 g/mol. The molecule has 2 rings (SSSR count). The Kier molecular flexibility index (Phi) is 7.44. The quantitative estimate of drug-likeness (QED) is 0.647. The van der Waals surface area contributed by atoms with Crippen molar-refractivity contribution in [3.63, 3.8) is 0 Å². The van der Waals surface area contributed by atoms with Gasteiger partial charge in [0.05, 0.1) is 12.7 Å². The van der Waals surface area contributed by atoms with Crippen molar-refractivity contribution in [1.82, 2.24) is 4.90 Å². The van der Waals surface area contributed by atoms with Crippen LogP contribution in [0.3, 0.4) is 0 Å². The Morgan fingerprint density at radius 1 is 1.08 bits per heavy atom. The summed E-state index contributed by atoms with van der Waals surface area (Å²) in [4.78, 5) is 26.7. The smallest absolute Gasteiger partial charge is 0.167 e. The van der Waals surface area contributed by atoms with Crippen LogP contribution >= 0.6 is 0 Å². The molecule has 0 saturated heterocycles. The number of benzene rings is 1. The maximum Gasteiger partial charge on any atom is 0.167 e. The molecule has 0 heterocycles. The predicted octanol–water partition coefficient (Wildman–Crippen LogP) is 3.74. The predicted molar refractivity (Wildman–Crippen MR) is 95.6 cm³/mol. The van der Waals surface area contributed by atoms with Crippen molar-refractivity contribution < 1.29 is 14.3 Å². The topological polar surface area (TPSA) is 46.6 Å². The average Bonchev–Trinajstić information content (AvgIpc) is 2.64. The molecule has 1 aromatic rings. The second kappa shape index (κ2) is 9.58. The maximum absolute atomic E-state index is 12.3. The van der Waals surface area contributed by atoms with Gasteiger partial charge in [0.15, 0.2) is 5.78 Å². The number of carbonyl (C=O) groups excluding carboxylic acids is 2. The zero-order valence-corrected chi connectivity index (χ0v) is 14.9. The van der Waals surface area contributed by atoms with Crippen LogP contribution < -0.4 is 4.74 Å². The van der Waals surface area contributed by atoms with E-state index in [1.54, 1.807) is 19.2 Å². The summed E-state index contributed by atoms with van der Waals surface area (Å²) in [5.41, 5.74) is 0.631. The van der Waals surface area contributed by atoms with Crippen LogP contribution in [0.4, 0.5) is 0 Å². The molecule has 1 saturated carbocycles. The number of carbonyl (C=O) groups is 2. The number of ketones is 2. The number of nitrogens with zero attached hydrogens (tertiary/aromatic N) is 1. The molecule has 1 aliphatic rings. The van der Waals surface area contributed by atoms with Gasteiger partial charge >= 0.3 is 0 Å². The average molecular weight is 331 g/mol. The number of hydrogen-bond acceptors (Lipinski definition) is 4. The normalized spacial score (nSPS) is 15.5. The van der Waals surface area contributed by atoms with Crippen molar-refractivity contribution >= 4 is 11.6 Å². The van der Waals surface area contributed by atoms with Gasteiger partial charge in [-0.1, -0.05) is 31.4 Å². The molecular weight excluding hydrogens is 302 g/mol. The summed E-state index contributed by atoms with van der Waals surface area (Å²) in [7, 11) is 3.55. The lowest BCUT2D eigenvalue weighted by Gasteiger charge is -2.22. The number of rotatable bonds is 9. The van der Waals surface area contributed by atoms with Crippen LogP contribution in [0.1, 0.15) is 55.3 Å². The van der Waals surface area contributed by atoms with E-state index in [4.69, 9.17) is 4.74 Å². The number of ether oxygens (including phenoxy) is 1. The molecule has 0 bridgehead atoms. The third-order valence-electron chi connectivity index (χ3n) is 4.93. The molecule has 0 N–H and O–H groups in total. The van der Waals surface area contributed by atoms with Gasteiger partial charge in [0, 0.05) is 31.8 Å². The maximum atomic E-state index is 12.3. The number of Topliss-reactive ketones (excluding diaryl/α,β-unsaturated/α-hetero) is 2. The van der Waals surface area contributed by atoms with Gasteiger partial charge in [0.1, 0.15) is 11.5 Å². The molecule has 1 aliphatic carbocycles. The highest BCUT2D eigenvalue weighted by Crippen LogP contribution is 2.25. The zero-order valence-electron chi connectivity index (χ0n) is 14.9. The molecule has 0 radical (unpaired) electrons. The van der Waals surface area contributed by atoms with Gasteiger partial charge in [-0.05, 0) is 32.0 Å². The van der Waals surface area contributed by atoms with Gasteiger partial charge in [-0.2, -0.15) is 0 Å². The molecule has 0 atom stereocenters. The van der Waals surface area contributed by atoms with Gasteiger partial charge in [0.25, 0.3) is 0 Å². The summed E-state index contributed by atoms with van der Waals surface area (Å²) in [6.07, 6.45) is 6.83. The molecule has 4 heteroatoms. The summed E-state index contributed by atoms with van der Waals surface area (Å²) < 4.78 is 5.24. The summed E-state index contributed by atoms with van der Waals surface area (Å²) in [6.45, 7) is 1.39. The summed E-state index contributed by atoms with van der Waals surface area (Å²) >= 11 is 0. The third kappa shape index (κ3) is 5.45. The Hall–Kier alpha value is -1.68. The first-order chi connectivity index (χ1) is 11.6. The van der Waals surface area contributed by atoms with E-state index in [2.05, 4.69) is 4.90 Å². The number of hydrogen-bond donors (Lipinski definition) is 0. The highest BCUT2D eigenvalue weighted by Gasteiger charge is 2.21. The molecule has 1 aromatic carbocycles. The lowest BCUT2D eigenvalue weighted by Crippen LogP contribution is -2.27. The third-order valence-corrected chi connectivity index (χ3v) is 4.93. The molecule has 0 unspecified atom stereocenters. The van der Waals surface area contributed by atoms with Gasteiger partial charge in [-0.15, -0.1) is 0 Å². The van der Waals surface area contributed by atoms with Crippen LogP contribution in [-0.4, -0.2) is 43.7 Å². The Bertz CT molecular complexity index is 550. The van der Waals surface area contributed by atoms with E-state index < -0.39 is 0 Å². The highest BCUT2D eigenvalue weighted by molar-refractivity contribution is 5.98. The summed E-state index contributed by atoms with van der Waals surface area (Å²) in [6, 6.07) is 7.31. The molecule has 0 aliphatic heterocycles. The van der Waals surface area contributed by atoms with E-state index >= 15 is 0 Å². The van der Waals surface area contributed by atoms with Crippen LogP contribution in [0.25, 0.3) is 0 Å².